The lowest BCUT2D eigenvalue weighted by atomic mass is 9.97. The summed E-state index contributed by atoms with van der Waals surface area (Å²) in [4.78, 5) is 12.1. The molecule has 6 nitrogen and oxygen atoms in total. The molecule has 1 aliphatic heterocycles. The fraction of sp³-hybridized carbons (Fsp3) is 0.611. The maximum Gasteiger partial charge on any atom is 0.223 e. The molecule has 25 heavy (non-hydrogen) atoms. The van der Waals surface area contributed by atoms with E-state index in [1.165, 1.54) is 4.31 Å². The first-order chi connectivity index (χ1) is 11.9. The number of hydrogen-bond donors (Lipinski definition) is 1. The second-order valence-corrected chi connectivity index (χ2v) is 8.52. The van der Waals surface area contributed by atoms with Gasteiger partial charge in [0.1, 0.15) is 0 Å². The van der Waals surface area contributed by atoms with Gasteiger partial charge >= 0.3 is 0 Å². The maximum atomic E-state index is 12.6. The summed E-state index contributed by atoms with van der Waals surface area (Å²) in [6, 6.07) is 7.55. The number of aryl methyl sites for hydroxylation is 1. The number of carbonyl (C=O) groups is 1. The van der Waals surface area contributed by atoms with Crippen LogP contribution in [0.5, 0.6) is 0 Å². The average molecular weight is 368 g/mol. The van der Waals surface area contributed by atoms with Gasteiger partial charge in [0, 0.05) is 39.3 Å². The van der Waals surface area contributed by atoms with E-state index in [0.29, 0.717) is 39.1 Å². The molecule has 0 unspecified atom stereocenters. The van der Waals surface area contributed by atoms with Crippen LogP contribution in [0.3, 0.4) is 0 Å². The SMILES string of the molecule is COCCCNC(=O)C1CCN(S(=O)(=O)Cc2ccc(C)cc2)CC1. The number of ether oxygens (including phenoxy) is 1. The molecule has 0 bridgehead atoms. The smallest absolute Gasteiger partial charge is 0.223 e. The van der Waals surface area contributed by atoms with Crippen molar-refractivity contribution in [3.63, 3.8) is 0 Å². The molecule has 0 aliphatic carbocycles. The van der Waals surface area contributed by atoms with Crippen molar-refractivity contribution < 1.29 is 17.9 Å². The van der Waals surface area contributed by atoms with Crippen LogP contribution in [0.4, 0.5) is 0 Å². The van der Waals surface area contributed by atoms with Gasteiger partial charge in [-0.15, -0.1) is 0 Å². The number of piperidine rings is 1. The van der Waals surface area contributed by atoms with Crippen LogP contribution < -0.4 is 5.32 Å². The van der Waals surface area contributed by atoms with Crippen molar-refractivity contribution in [1.29, 1.82) is 0 Å². The molecule has 1 aliphatic rings. The van der Waals surface area contributed by atoms with E-state index in [4.69, 9.17) is 4.74 Å². The Labute approximate surface area is 150 Å². The molecule has 0 atom stereocenters. The lowest BCUT2D eigenvalue weighted by Gasteiger charge is -2.30. The second-order valence-electron chi connectivity index (χ2n) is 6.55. The Morgan fingerprint density at radius 2 is 1.88 bits per heavy atom. The van der Waals surface area contributed by atoms with E-state index in [0.717, 1.165) is 17.5 Å². The number of nitrogens with one attached hydrogen (secondary N) is 1. The Hall–Kier alpha value is -1.44. The number of carbonyl (C=O) groups excluding carboxylic acids is 1. The summed E-state index contributed by atoms with van der Waals surface area (Å²) in [5, 5.41) is 2.90. The van der Waals surface area contributed by atoms with Crippen molar-refractivity contribution in [3.05, 3.63) is 35.4 Å². The molecular weight excluding hydrogens is 340 g/mol. The van der Waals surface area contributed by atoms with Gasteiger partial charge in [-0.05, 0) is 31.7 Å². The molecule has 1 aromatic carbocycles. The minimum atomic E-state index is -3.34. The molecule has 140 valence electrons. The zero-order valence-corrected chi connectivity index (χ0v) is 15.8. The molecule has 7 heteroatoms. The van der Waals surface area contributed by atoms with Gasteiger partial charge in [-0.1, -0.05) is 29.8 Å². The van der Waals surface area contributed by atoms with Crippen LogP contribution in [0.1, 0.15) is 30.4 Å². The van der Waals surface area contributed by atoms with Crippen LogP contribution in [-0.2, 0) is 25.3 Å². The van der Waals surface area contributed by atoms with Crippen molar-refractivity contribution in [1.82, 2.24) is 9.62 Å². The summed E-state index contributed by atoms with van der Waals surface area (Å²) in [6.45, 7) is 4.01. The first kappa shape index (κ1) is 19.9. The third-order valence-electron chi connectivity index (χ3n) is 4.51. The first-order valence-corrected chi connectivity index (χ1v) is 10.3. The molecule has 0 saturated carbocycles. The summed E-state index contributed by atoms with van der Waals surface area (Å²) in [5.41, 5.74) is 1.90. The second kappa shape index (κ2) is 9.31. The predicted octanol–water partition coefficient (Wildman–Crippen LogP) is 1.69. The van der Waals surface area contributed by atoms with E-state index in [2.05, 4.69) is 5.32 Å². The lowest BCUT2D eigenvalue weighted by molar-refractivity contribution is -0.126. The van der Waals surface area contributed by atoms with E-state index < -0.39 is 10.0 Å². The van der Waals surface area contributed by atoms with Gasteiger partial charge in [-0.3, -0.25) is 4.79 Å². The van der Waals surface area contributed by atoms with Crippen molar-refractivity contribution in [3.8, 4) is 0 Å². The Balaban J connectivity index is 1.82. The number of nitrogens with zero attached hydrogens (tertiary/aromatic N) is 1. The van der Waals surface area contributed by atoms with Crippen molar-refractivity contribution in [2.24, 2.45) is 5.92 Å². The minimum absolute atomic E-state index is 0.0150. The maximum absolute atomic E-state index is 12.6. The fourth-order valence-electron chi connectivity index (χ4n) is 2.95. The number of sulfonamides is 1. The Kier molecular flexibility index (Phi) is 7.40. The average Bonchev–Trinajstić information content (AvgIpc) is 2.60. The highest BCUT2D eigenvalue weighted by Gasteiger charge is 2.30. The summed E-state index contributed by atoms with van der Waals surface area (Å²) >= 11 is 0. The van der Waals surface area contributed by atoms with Crippen LogP contribution in [0.15, 0.2) is 24.3 Å². The highest BCUT2D eigenvalue weighted by atomic mass is 32.2. The van der Waals surface area contributed by atoms with Gasteiger partial charge in [0.05, 0.1) is 5.75 Å². The number of rotatable bonds is 8. The third kappa shape index (κ3) is 6.09. The van der Waals surface area contributed by atoms with E-state index in [9.17, 15) is 13.2 Å². The van der Waals surface area contributed by atoms with E-state index >= 15 is 0 Å². The van der Waals surface area contributed by atoms with Crippen LogP contribution in [0.2, 0.25) is 0 Å². The molecule has 1 heterocycles. The highest BCUT2D eigenvalue weighted by molar-refractivity contribution is 7.88. The first-order valence-electron chi connectivity index (χ1n) is 8.72. The summed E-state index contributed by atoms with van der Waals surface area (Å²) in [7, 11) is -1.70. The summed E-state index contributed by atoms with van der Waals surface area (Å²) < 4.78 is 31.6. The van der Waals surface area contributed by atoms with Gasteiger partial charge < -0.3 is 10.1 Å². The van der Waals surface area contributed by atoms with Crippen LogP contribution in [0, 0.1) is 12.8 Å². The molecule has 0 spiro atoms. The van der Waals surface area contributed by atoms with E-state index in [-0.39, 0.29) is 17.6 Å². The Morgan fingerprint density at radius 1 is 1.24 bits per heavy atom. The zero-order chi connectivity index (χ0) is 18.3. The normalized spacial score (nSPS) is 16.7. The van der Waals surface area contributed by atoms with Crippen molar-refractivity contribution >= 4 is 15.9 Å². The lowest BCUT2D eigenvalue weighted by Crippen LogP contribution is -2.43. The number of methoxy groups -OCH3 is 1. The topological polar surface area (TPSA) is 75.7 Å². The molecule has 1 N–H and O–H groups in total. The van der Waals surface area contributed by atoms with Gasteiger partial charge in [-0.2, -0.15) is 0 Å². The zero-order valence-electron chi connectivity index (χ0n) is 15.0. The standard InChI is InChI=1S/C18H28N2O4S/c1-15-4-6-16(7-5-15)14-25(22,23)20-11-8-17(9-12-20)18(21)19-10-3-13-24-2/h4-7,17H,3,8-14H2,1-2H3,(H,19,21). The van der Waals surface area contributed by atoms with Crippen molar-refractivity contribution in [2.75, 3.05) is 33.4 Å². The Bertz CT molecular complexity index is 650. The summed E-state index contributed by atoms with van der Waals surface area (Å²) in [5.74, 6) is -0.0682. The largest absolute Gasteiger partial charge is 0.385 e. The van der Waals surface area contributed by atoms with E-state index in [1.807, 2.05) is 31.2 Å². The highest BCUT2D eigenvalue weighted by Crippen LogP contribution is 2.22. The number of benzene rings is 1. The van der Waals surface area contributed by atoms with Gasteiger partial charge in [0.2, 0.25) is 15.9 Å². The van der Waals surface area contributed by atoms with Gasteiger partial charge in [0.15, 0.2) is 0 Å². The quantitative estimate of drug-likeness (QED) is 0.709. The molecule has 0 aromatic heterocycles. The van der Waals surface area contributed by atoms with E-state index in [1.54, 1.807) is 7.11 Å². The van der Waals surface area contributed by atoms with Crippen LogP contribution >= 0.6 is 0 Å². The fourth-order valence-corrected chi connectivity index (χ4v) is 4.52. The third-order valence-corrected chi connectivity index (χ3v) is 6.36. The van der Waals surface area contributed by atoms with Crippen molar-refractivity contribution in [2.45, 2.75) is 31.9 Å². The number of amides is 1. The molecule has 1 saturated heterocycles. The predicted molar refractivity (Wildman–Crippen MR) is 97.6 cm³/mol. The van der Waals surface area contributed by atoms with Gasteiger partial charge in [-0.25, -0.2) is 12.7 Å². The molecular formula is C18H28N2O4S. The summed E-state index contributed by atoms with van der Waals surface area (Å²) in [6.07, 6.45) is 1.93. The Morgan fingerprint density at radius 3 is 2.48 bits per heavy atom. The van der Waals surface area contributed by atoms with Crippen LogP contribution in [-0.4, -0.2) is 52.0 Å². The molecule has 2 rings (SSSR count). The van der Waals surface area contributed by atoms with Crippen LogP contribution in [0.25, 0.3) is 0 Å². The molecule has 1 aromatic rings. The minimum Gasteiger partial charge on any atom is -0.385 e. The van der Waals surface area contributed by atoms with Gasteiger partial charge in [0.25, 0.3) is 0 Å². The molecule has 1 fully saturated rings. The number of hydrogen-bond acceptors (Lipinski definition) is 4. The monoisotopic (exact) mass is 368 g/mol. The molecule has 0 radical (unpaired) electrons. The molecule has 1 amide bonds.